The Hall–Kier alpha value is -1.68. The van der Waals surface area contributed by atoms with E-state index < -0.39 is 0 Å². The second-order valence-electron chi connectivity index (χ2n) is 2.83. The Labute approximate surface area is 91.9 Å². The maximum Gasteiger partial charge on any atom is 0.159 e. The lowest BCUT2D eigenvalue weighted by Gasteiger charge is -2.03. The lowest BCUT2D eigenvalue weighted by atomic mass is 10.1. The van der Waals surface area contributed by atoms with Gasteiger partial charge in [0.05, 0.1) is 7.11 Å². The number of halogens is 1. The number of methoxy groups -OCH3 is 1. The molecule has 15 heavy (non-hydrogen) atoms. The zero-order valence-electron chi connectivity index (χ0n) is 8.01. The van der Waals surface area contributed by atoms with Gasteiger partial charge in [0.15, 0.2) is 5.15 Å². The molecule has 1 aromatic carbocycles. The Bertz CT molecular complexity index is 476. The summed E-state index contributed by atoms with van der Waals surface area (Å²) in [6, 6.07) is 7.41. The normalized spacial score (nSPS) is 10.0. The molecule has 0 amide bonds. The summed E-state index contributed by atoms with van der Waals surface area (Å²) >= 11 is 5.90. The maximum absolute atomic E-state index is 5.90. The van der Waals surface area contributed by atoms with Crippen LogP contribution in [0.15, 0.2) is 30.6 Å². The highest BCUT2D eigenvalue weighted by atomic mass is 35.5. The predicted molar refractivity (Wildman–Crippen MR) is 56.8 cm³/mol. The van der Waals surface area contributed by atoms with E-state index in [1.807, 2.05) is 24.3 Å². The number of benzene rings is 1. The number of aromatic nitrogens is 3. The van der Waals surface area contributed by atoms with E-state index in [0.717, 1.165) is 11.3 Å². The van der Waals surface area contributed by atoms with Crippen molar-refractivity contribution in [3.05, 3.63) is 35.7 Å². The van der Waals surface area contributed by atoms with Crippen LogP contribution in [-0.4, -0.2) is 22.3 Å². The van der Waals surface area contributed by atoms with E-state index in [-0.39, 0.29) is 0 Å². The van der Waals surface area contributed by atoms with Crippen LogP contribution in [0.4, 0.5) is 0 Å². The van der Waals surface area contributed by atoms with Gasteiger partial charge in [-0.3, -0.25) is 0 Å². The zero-order chi connectivity index (χ0) is 10.7. The van der Waals surface area contributed by atoms with Crippen molar-refractivity contribution in [2.45, 2.75) is 0 Å². The van der Waals surface area contributed by atoms with E-state index in [4.69, 9.17) is 16.3 Å². The average Bonchev–Trinajstić information content (AvgIpc) is 2.30. The molecule has 1 heterocycles. The first-order valence-corrected chi connectivity index (χ1v) is 4.66. The van der Waals surface area contributed by atoms with Crippen molar-refractivity contribution in [2.75, 3.05) is 7.11 Å². The summed E-state index contributed by atoms with van der Waals surface area (Å²) in [6.07, 6.45) is 1.31. The van der Waals surface area contributed by atoms with Crippen molar-refractivity contribution >= 4 is 11.6 Å². The van der Waals surface area contributed by atoms with Crippen LogP contribution in [0.25, 0.3) is 11.3 Å². The third-order valence-corrected chi connectivity index (χ3v) is 2.20. The molecule has 0 aliphatic heterocycles. The summed E-state index contributed by atoms with van der Waals surface area (Å²) in [7, 11) is 1.61. The van der Waals surface area contributed by atoms with Gasteiger partial charge < -0.3 is 4.74 Å². The van der Waals surface area contributed by atoms with E-state index in [9.17, 15) is 0 Å². The standard InChI is InChI=1S/C10H8ClN3O/c1-15-8-4-2-3-7(5-8)9-10(11)12-6-13-14-9/h2-6H,1H3. The molecule has 1 aromatic heterocycles. The summed E-state index contributed by atoms with van der Waals surface area (Å²) in [6.45, 7) is 0. The second kappa shape index (κ2) is 4.23. The second-order valence-corrected chi connectivity index (χ2v) is 3.19. The Morgan fingerprint density at radius 3 is 2.93 bits per heavy atom. The summed E-state index contributed by atoms with van der Waals surface area (Å²) in [5.41, 5.74) is 1.39. The number of hydrogen-bond donors (Lipinski definition) is 0. The molecule has 0 bridgehead atoms. The molecule has 5 heteroatoms. The van der Waals surface area contributed by atoms with Gasteiger partial charge in [0.1, 0.15) is 17.8 Å². The monoisotopic (exact) mass is 221 g/mol. The van der Waals surface area contributed by atoms with Gasteiger partial charge in [0.25, 0.3) is 0 Å². The van der Waals surface area contributed by atoms with Crippen LogP contribution >= 0.6 is 11.6 Å². The van der Waals surface area contributed by atoms with Crippen molar-refractivity contribution in [1.29, 1.82) is 0 Å². The van der Waals surface area contributed by atoms with Crippen molar-refractivity contribution in [3.8, 4) is 17.0 Å². The largest absolute Gasteiger partial charge is 0.497 e. The topological polar surface area (TPSA) is 47.9 Å². The minimum Gasteiger partial charge on any atom is -0.497 e. The van der Waals surface area contributed by atoms with Crippen LogP contribution in [0.1, 0.15) is 0 Å². The van der Waals surface area contributed by atoms with Crippen LogP contribution in [0.5, 0.6) is 5.75 Å². The molecule has 0 aliphatic rings. The minimum absolute atomic E-state index is 0.332. The highest BCUT2D eigenvalue weighted by molar-refractivity contribution is 6.31. The summed E-state index contributed by atoms with van der Waals surface area (Å²) in [5.74, 6) is 0.745. The van der Waals surface area contributed by atoms with Crippen molar-refractivity contribution < 1.29 is 4.74 Å². The van der Waals surface area contributed by atoms with Gasteiger partial charge in [-0.15, -0.1) is 10.2 Å². The molecule has 0 atom stereocenters. The van der Waals surface area contributed by atoms with Gasteiger partial charge in [-0.2, -0.15) is 0 Å². The molecular formula is C10H8ClN3O. The van der Waals surface area contributed by atoms with E-state index in [1.165, 1.54) is 6.33 Å². The van der Waals surface area contributed by atoms with E-state index >= 15 is 0 Å². The summed E-state index contributed by atoms with van der Waals surface area (Å²) < 4.78 is 5.10. The quantitative estimate of drug-likeness (QED) is 0.780. The summed E-state index contributed by atoms with van der Waals surface area (Å²) in [5, 5.41) is 7.95. The van der Waals surface area contributed by atoms with Crippen molar-refractivity contribution in [2.24, 2.45) is 0 Å². The Morgan fingerprint density at radius 2 is 2.20 bits per heavy atom. The lowest BCUT2D eigenvalue weighted by Crippen LogP contribution is -1.91. The van der Waals surface area contributed by atoms with Crippen LogP contribution in [-0.2, 0) is 0 Å². The fraction of sp³-hybridized carbons (Fsp3) is 0.100. The molecule has 0 aliphatic carbocycles. The first-order chi connectivity index (χ1) is 7.31. The number of nitrogens with zero attached hydrogens (tertiary/aromatic N) is 3. The van der Waals surface area contributed by atoms with Gasteiger partial charge in [0.2, 0.25) is 0 Å². The van der Waals surface area contributed by atoms with E-state index in [1.54, 1.807) is 7.11 Å². The number of rotatable bonds is 2. The molecule has 0 saturated carbocycles. The van der Waals surface area contributed by atoms with Gasteiger partial charge >= 0.3 is 0 Å². The molecule has 4 nitrogen and oxygen atoms in total. The van der Waals surface area contributed by atoms with Crippen molar-refractivity contribution in [1.82, 2.24) is 15.2 Å². The number of hydrogen-bond acceptors (Lipinski definition) is 4. The van der Waals surface area contributed by atoms with E-state index in [0.29, 0.717) is 10.8 Å². The highest BCUT2D eigenvalue weighted by Crippen LogP contribution is 2.25. The molecule has 0 N–H and O–H groups in total. The zero-order valence-corrected chi connectivity index (χ0v) is 8.77. The average molecular weight is 222 g/mol. The van der Waals surface area contributed by atoms with Gasteiger partial charge in [-0.25, -0.2) is 4.98 Å². The molecular weight excluding hydrogens is 214 g/mol. The molecule has 0 saturated heterocycles. The molecule has 0 radical (unpaired) electrons. The predicted octanol–water partition coefficient (Wildman–Crippen LogP) is 2.20. The molecule has 0 spiro atoms. The van der Waals surface area contributed by atoms with Gasteiger partial charge in [-0.1, -0.05) is 23.7 Å². The van der Waals surface area contributed by atoms with Crippen LogP contribution in [0.2, 0.25) is 5.15 Å². The minimum atomic E-state index is 0.332. The van der Waals surface area contributed by atoms with Gasteiger partial charge in [-0.05, 0) is 12.1 Å². The molecule has 76 valence electrons. The van der Waals surface area contributed by atoms with Crippen LogP contribution in [0, 0.1) is 0 Å². The highest BCUT2D eigenvalue weighted by Gasteiger charge is 2.06. The Morgan fingerprint density at radius 1 is 1.33 bits per heavy atom. The molecule has 0 fully saturated rings. The third-order valence-electron chi connectivity index (χ3n) is 1.92. The smallest absolute Gasteiger partial charge is 0.159 e. The lowest BCUT2D eigenvalue weighted by molar-refractivity contribution is 0.415. The van der Waals surface area contributed by atoms with Gasteiger partial charge in [0, 0.05) is 5.56 Å². The molecule has 2 aromatic rings. The van der Waals surface area contributed by atoms with Crippen molar-refractivity contribution in [3.63, 3.8) is 0 Å². The SMILES string of the molecule is COc1cccc(-c2nncnc2Cl)c1. The first kappa shape index (κ1) is 9.86. The Balaban J connectivity index is 2.49. The third kappa shape index (κ3) is 2.05. The Kier molecular flexibility index (Phi) is 2.78. The number of ether oxygens (including phenoxy) is 1. The van der Waals surface area contributed by atoms with Crippen LogP contribution in [0.3, 0.4) is 0 Å². The fourth-order valence-electron chi connectivity index (χ4n) is 1.21. The summed E-state index contributed by atoms with van der Waals surface area (Å²) in [4.78, 5) is 3.86. The molecule has 0 unspecified atom stereocenters. The maximum atomic E-state index is 5.90. The molecule has 2 rings (SSSR count). The fourth-order valence-corrected chi connectivity index (χ4v) is 1.40. The van der Waals surface area contributed by atoms with Crippen LogP contribution < -0.4 is 4.74 Å². The first-order valence-electron chi connectivity index (χ1n) is 4.29. The van der Waals surface area contributed by atoms with E-state index in [2.05, 4.69) is 15.2 Å².